The highest BCUT2D eigenvalue weighted by Crippen LogP contribution is 2.43. The maximum absolute atomic E-state index is 13.1. The lowest BCUT2D eigenvalue weighted by atomic mass is 10.0. The van der Waals surface area contributed by atoms with Crippen LogP contribution in [0.2, 0.25) is 0 Å². The first-order chi connectivity index (χ1) is 12.8. The van der Waals surface area contributed by atoms with Gasteiger partial charge in [0.1, 0.15) is 5.82 Å². The summed E-state index contributed by atoms with van der Waals surface area (Å²) in [6.07, 6.45) is 6.15. The number of nitrogens with zero attached hydrogens (tertiary/aromatic N) is 5. The molecule has 26 heavy (non-hydrogen) atoms. The van der Waals surface area contributed by atoms with E-state index in [1.165, 1.54) is 18.5 Å². The van der Waals surface area contributed by atoms with E-state index in [1.54, 1.807) is 12.1 Å². The van der Waals surface area contributed by atoms with Crippen LogP contribution in [0.25, 0.3) is 0 Å². The number of hydrogen-bond acceptors (Lipinski definition) is 5. The third kappa shape index (κ3) is 3.03. The van der Waals surface area contributed by atoms with Gasteiger partial charge in [-0.1, -0.05) is 0 Å². The molecule has 1 aromatic carbocycles. The van der Waals surface area contributed by atoms with Crippen molar-refractivity contribution in [3.8, 4) is 0 Å². The highest BCUT2D eigenvalue weighted by molar-refractivity contribution is 5.50. The first kappa shape index (κ1) is 16.0. The predicted octanol–water partition coefficient (Wildman–Crippen LogP) is 2.50. The number of anilines is 2. The van der Waals surface area contributed by atoms with Gasteiger partial charge in [0.05, 0.1) is 5.69 Å². The van der Waals surface area contributed by atoms with Crippen LogP contribution in [0.1, 0.15) is 24.5 Å². The molecule has 1 saturated carbocycles. The Bertz CT molecular complexity index is 762. The largest absolute Gasteiger partial charge is 0.369 e. The van der Waals surface area contributed by atoms with Gasteiger partial charge in [-0.2, -0.15) is 0 Å². The number of rotatable bonds is 4. The van der Waals surface area contributed by atoms with Crippen LogP contribution >= 0.6 is 0 Å². The summed E-state index contributed by atoms with van der Waals surface area (Å²) < 4.78 is 13.1. The van der Waals surface area contributed by atoms with E-state index in [0.717, 1.165) is 50.8 Å². The minimum absolute atomic E-state index is 0.170. The van der Waals surface area contributed by atoms with Gasteiger partial charge in [0.25, 0.3) is 0 Å². The first-order valence-corrected chi connectivity index (χ1v) is 9.58. The Morgan fingerprint density at radius 2 is 1.54 bits per heavy atom. The quantitative estimate of drug-likeness (QED) is 0.844. The number of benzene rings is 1. The van der Waals surface area contributed by atoms with Crippen LogP contribution < -0.4 is 9.80 Å². The summed E-state index contributed by atoms with van der Waals surface area (Å²) in [5, 5.41) is 0. The minimum Gasteiger partial charge on any atom is -0.369 e. The molecular formula is C20H24FN5. The SMILES string of the molecule is Fc1ccc(N2CCN(C3CN(c4nccnc4C4CC4)C3)CC2)cc1. The highest BCUT2D eigenvalue weighted by Gasteiger charge is 2.37. The van der Waals surface area contributed by atoms with Gasteiger partial charge in [0, 0.05) is 69.3 Å². The van der Waals surface area contributed by atoms with Gasteiger partial charge < -0.3 is 9.80 Å². The van der Waals surface area contributed by atoms with Crippen molar-refractivity contribution in [2.45, 2.75) is 24.8 Å². The van der Waals surface area contributed by atoms with Gasteiger partial charge >= 0.3 is 0 Å². The molecule has 3 aliphatic rings. The van der Waals surface area contributed by atoms with E-state index >= 15 is 0 Å². The number of halogens is 1. The molecule has 2 aliphatic heterocycles. The standard InChI is InChI=1S/C20H24FN5/c21-16-3-5-17(6-4-16)24-9-11-25(12-10-24)18-13-26(14-18)20-19(15-1-2-15)22-7-8-23-20/h3-8,15,18H,1-2,9-14H2. The van der Waals surface area contributed by atoms with Crippen molar-refractivity contribution < 1.29 is 4.39 Å². The van der Waals surface area contributed by atoms with Crippen LogP contribution in [0.5, 0.6) is 0 Å². The van der Waals surface area contributed by atoms with Crippen molar-refractivity contribution in [2.24, 2.45) is 0 Å². The molecule has 6 heteroatoms. The summed E-state index contributed by atoms with van der Waals surface area (Å²) in [6.45, 7) is 6.22. The van der Waals surface area contributed by atoms with Crippen LogP contribution in [0.4, 0.5) is 15.9 Å². The topological polar surface area (TPSA) is 35.5 Å². The molecule has 0 amide bonds. The van der Waals surface area contributed by atoms with Gasteiger partial charge in [0.15, 0.2) is 5.82 Å². The third-order valence-electron chi connectivity index (χ3n) is 5.85. The molecule has 0 atom stereocenters. The summed E-state index contributed by atoms with van der Waals surface area (Å²) in [5.74, 6) is 1.57. The summed E-state index contributed by atoms with van der Waals surface area (Å²) >= 11 is 0. The van der Waals surface area contributed by atoms with E-state index < -0.39 is 0 Å². The Morgan fingerprint density at radius 1 is 0.846 bits per heavy atom. The zero-order chi connectivity index (χ0) is 17.5. The Kier molecular flexibility index (Phi) is 4.00. The fourth-order valence-corrected chi connectivity index (χ4v) is 4.09. The second kappa shape index (κ2) is 6.50. The van der Waals surface area contributed by atoms with Crippen molar-refractivity contribution >= 4 is 11.5 Å². The molecule has 1 aromatic heterocycles. The Labute approximate surface area is 153 Å². The normalized spacial score (nSPS) is 21.7. The molecule has 3 fully saturated rings. The fraction of sp³-hybridized carbons (Fsp3) is 0.500. The molecule has 0 N–H and O–H groups in total. The third-order valence-corrected chi connectivity index (χ3v) is 5.85. The lowest BCUT2D eigenvalue weighted by Crippen LogP contribution is -2.63. The predicted molar refractivity (Wildman–Crippen MR) is 100 cm³/mol. The van der Waals surface area contributed by atoms with Crippen molar-refractivity contribution in [3.63, 3.8) is 0 Å². The molecule has 2 aromatic rings. The molecule has 0 radical (unpaired) electrons. The smallest absolute Gasteiger partial charge is 0.150 e. The summed E-state index contributed by atoms with van der Waals surface area (Å²) in [4.78, 5) is 16.5. The van der Waals surface area contributed by atoms with E-state index in [4.69, 9.17) is 0 Å². The zero-order valence-corrected chi connectivity index (χ0v) is 14.9. The van der Waals surface area contributed by atoms with Gasteiger partial charge in [-0.15, -0.1) is 0 Å². The molecule has 136 valence electrons. The molecule has 0 unspecified atom stereocenters. The maximum Gasteiger partial charge on any atom is 0.150 e. The van der Waals surface area contributed by atoms with Crippen molar-refractivity contribution in [2.75, 3.05) is 49.1 Å². The van der Waals surface area contributed by atoms with E-state index in [9.17, 15) is 4.39 Å². The van der Waals surface area contributed by atoms with Gasteiger partial charge in [0.2, 0.25) is 0 Å². The van der Waals surface area contributed by atoms with Gasteiger partial charge in [-0.25, -0.2) is 9.37 Å². The number of piperazine rings is 1. The van der Waals surface area contributed by atoms with Crippen LogP contribution in [0.15, 0.2) is 36.7 Å². The van der Waals surface area contributed by atoms with E-state index in [1.807, 2.05) is 24.5 Å². The Morgan fingerprint density at radius 3 is 2.23 bits per heavy atom. The molecule has 2 saturated heterocycles. The minimum atomic E-state index is -0.170. The number of aromatic nitrogens is 2. The van der Waals surface area contributed by atoms with Crippen molar-refractivity contribution in [3.05, 3.63) is 48.2 Å². The van der Waals surface area contributed by atoms with Crippen molar-refractivity contribution in [1.29, 1.82) is 0 Å². The molecule has 3 heterocycles. The summed E-state index contributed by atoms with van der Waals surface area (Å²) in [5.41, 5.74) is 2.32. The first-order valence-electron chi connectivity index (χ1n) is 9.58. The molecule has 5 nitrogen and oxygen atoms in total. The average molecular weight is 353 g/mol. The highest BCUT2D eigenvalue weighted by atomic mass is 19.1. The van der Waals surface area contributed by atoms with E-state index in [0.29, 0.717) is 12.0 Å². The van der Waals surface area contributed by atoms with Crippen molar-refractivity contribution in [1.82, 2.24) is 14.9 Å². The summed E-state index contributed by atoms with van der Waals surface area (Å²) in [6, 6.07) is 7.46. The maximum atomic E-state index is 13.1. The van der Waals surface area contributed by atoms with Crippen LogP contribution in [-0.4, -0.2) is 60.2 Å². The second-order valence-electron chi connectivity index (χ2n) is 7.60. The van der Waals surface area contributed by atoms with Crippen LogP contribution in [-0.2, 0) is 0 Å². The Balaban J connectivity index is 1.16. The lowest BCUT2D eigenvalue weighted by Gasteiger charge is -2.49. The second-order valence-corrected chi connectivity index (χ2v) is 7.60. The average Bonchev–Trinajstić information content (AvgIpc) is 3.47. The van der Waals surface area contributed by atoms with Crippen LogP contribution in [0.3, 0.4) is 0 Å². The Hall–Kier alpha value is -2.21. The zero-order valence-electron chi connectivity index (χ0n) is 14.9. The fourth-order valence-electron chi connectivity index (χ4n) is 4.09. The summed E-state index contributed by atoms with van der Waals surface area (Å²) in [7, 11) is 0. The molecular weight excluding hydrogens is 329 g/mol. The molecule has 0 bridgehead atoms. The molecule has 0 spiro atoms. The van der Waals surface area contributed by atoms with E-state index in [-0.39, 0.29) is 5.82 Å². The van der Waals surface area contributed by atoms with Gasteiger partial charge in [-0.05, 0) is 37.1 Å². The van der Waals surface area contributed by atoms with Gasteiger partial charge in [-0.3, -0.25) is 9.88 Å². The van der Waals surface area contributed by atoms with Crippen LogP contribution in [0, 0.1) is 5.82 Å². The van der Waals surface area contributed by atoms with E-state index in [2.05, 4.69) is 24.7 Å². The lowest BCUT2D eigenvalue weighted by molar-refractivity contribution is 0.156. The number of hydrogen-bond donors (Lipinski definition) is 0. The monoisotopic (exact) mass is 353 g/mol. The molecule has 5 rings (SSSR count). The molecule has 1 aliphatic carbocycles.